The Balaban J connectivity index is 0. The molecule has 1 fully saturated rings. The van der Waals surface area contributed by atoms with Crippen molar-refractivity contribution < 1.29 is 1.43 Å². The first-order chi connectivity index (χ1) is 4.85. The second kappa shape index (κ2) is 7.07. The first-order valence-electron chi connectivity index (χ1n) is 4.52. The molecule has 0 aromatic carbocycles. The monoisotopic (exact) mass is 145 g/mol. The SMILES string of the molecule is CCCC.CNC1CCC1.[HH]. The van der Waals surface area contributed by atoms with Gasteiger partial charge in [-0.1, -0.05) is 33.1 Å². The average Bonchev–Trinajstić information content (AvgIpc) is 1.87. The highest BCUT2D eigenvalue weighted by atomic mass is 14.9. The highest BCUT2D eigenvalue weighted by Crippen LogP contribution is 2.16. The first-order valence-corrected chi connectivity index (χ1v) is 4.52. The summed E-state index contributed by atoms with van der Waals surface area (Å²) in [5.74, 6) is 0. The quantitative estimate of drug-likeness (QED) is 0.630. The van der Waals surface area contributed by atoms with Crippen LogP contribution in [0.3, 0.4) is 0 Å². The van der Waals surface area contributed by atoms with Crippen LogP contribution in [0.15, 0.2) is 0 Å². The van der Waals surface area contributed by atoms with Gasteiger partial charge in [0.25, 0.3) is 0 Å². The summed E-state index contributed by atoms with van der Waals surface area (Å²) in [6, 6.07) is 0.866. The van der Waals surface area contributed by atoms with Crippen molar-refractivity contribution in [2.75, 3.05) is 7.05 Å². The number of hydrogen-bond donors (Lipinski definition) is 1. The molecular weight excluding hydrogens is 122 g/mol. The molecule has 0 aromatic heterocycles. The van der Waals surface area contributed by atoms with Gasteiger partial charge in [-0.25, -0.2) is 0 Å². The maximum atomic E-state index is 3.20. The molecule has 0 heterocycles. The second-order valence-corrected chi connectivity index (χ2v) is 2.92. The van der Waals surface area contributed by atoms with Crippen LogP contribution in [0, 0.1) is 0 Å². The summed E-state index contributed by atoms with van der Waals surface area (Å²) in [5.41, 5.74) is 0. The maximum Gasteiger partial charge on any atom is 0.00640 e. The molecule has 0 aromatic rings. The Labute approximate surface area is 66.7 Å². The molecule has 1 saturated carbocycles. The van der Waals surface area contributed by atoms with Gasteiger partial charge in [-0.2, -0.15) is 0 Å². The van der Waals surface area contributed by atoms with Crippen LogP contribution in [0.4, 0.5) is 0 Å². The van der Waals surface area contributed by atoms with Gasteiger partial charge in [0.2, 0.25) is 0 Å². The Bertz CT molecular complexity index is 57.8. The fraction of sp³-hybridized carbons (Fsp3) is 1.00. The van der Waals surface area contributed by atoms with Gasteiger partial charge >= 0.3 is 0 Å². The molecule has 64 valence electrons. The zero-order valence-electron chi connectivity index (χ0n) is 7.61. The smallest absolute Gasteiger partial charge is 0.00640 e. The molecule has 1 N–H and O–H groups in total. The molecule has 0 atom stereocenters. The van der Waals surface area contributed by atoms with Crippen LogP contribution in [0.2, 0.25) is 0 Å². The van der Waals surface area contributed by atoms with Crippen LogP contribution >= 0.6 is 0 Å². The summed E-state index contributed by atoms with van der Waals surface area (Å²) in [5, 5.41) is 3.20. The van der Waals surface area contributed by atoms with Gasteiger partial charge in [-0.15, -0.1) is 0 Å². The van der Waals surface area contributed by atoms with Crippen LogP contribution in [0.1, 0.15) is 47.4 Å². The highest BCUT2D eigenvalue weighted by molar-refractivity contribution is 4.73. The van der Waals surface area contributed by atoms with Crippen LogP contribution in [0.25, 0.3) is 0 Å². The number of unbranched alkanes of at least 4 members (excludes halogenated alkanes) is 1. The lowest BCUT2D eigenvalue weighted by Crippen LogP contribution is -2.31. The molecule has 10 heavy (non-hydrogen) atoms. The van der Waals surface area contributed by atoms with Crippen molar-refractivity contribution >= 4 is 0 Å². The lowest BCUT2D eigenvalue weighted by molar-refractivity contribution is 0.361. The molecule has 0 spiro atoms. The minimum Gasteiger partial charge on any atom is -0.317 e. The minimum absolute atomic E-state index is 0. The highest BCUT2D eigenvalue weighted by Gasteiger charge is 2.13. The molecule has 0 aliphatic heterocycles. The van der Waals surface area contributed by atoms with E-state index in [4.69, 9.17) is 0 Å². The molecule has 0 bridgehead atoms. The van der Waals surface area contributed by atoms with Crippen molar-refractivity contribution in [1.29, 1.82) is 0 Å². The Kier molecular flexibility index (Phi) is 7.04. The Morgan fingerprint density at radius 3 is 1.80 bits per heavy atom. The summed E-state index contributed by atoms with van der Waals surface area (Å²) in [7, 11) is 2.03. The summed E-state index contributed by atoms with van der Waals surface area (Å²) >= 11 is 0. The van der Waals surface area contributed by atoms with E-state index < -0.39 is 0 Å². The zero-order chi connectivity index (χ0) is 7.82. The van der Waals surface area contributed by atoms with E-state index in [1.807, 2.05) is 7.05 Å². The number of rotatable bonds is 2. The summed E-state index contributed by atoms with van der Waals surface area (Å²) in [6.45, 7) is 4.36. The fourth-order valence-electron chi connectivity index (χ4n) is 0.697. The first kappa shape index (κ1) is 9.96. The van der Waals surface area contributed by atoms with Crippen LogP contribution < -0.4 is 5.32 Å². The van der Waals surface area contributed by atoms with E-state index in [1.165, 1.54) is 32.1 Å². The van der Waals surface area contributed by atoms with E-state index in [0.717, 1.165) is 6.04 Å². The molecule has 0 unspecified atom stereocenters. The number of hydrogen-bond acceptors (Lipinski definition) is 1. The van der Waals surface area contributed by atoms with Crippen LogP contribution in [-0.4, -0.2) is 13.1 Å². The molecule has 0 amide bonds. The van der Waals surface area contributed by atoms with Crippen molar-refractivity contribution in [3.05, 3.63) is 0 Å². The third-order valence-electron chi connectivity index (χ3n) is 2.01. The third kappa shape index (κ3) is 4.80. The zero-order valence-corrected chi connectivity index (χ0v) is 7.61. The second-order valence-electron chi connectivity index (χ2n) is 2.92. The van der Waals surface area contributed by atoms with E-state index in [1.54, 1.807) is 0 Å². The van der Waals surface area contributed by atoms with Gasteiger partial charge in [0.1, 0.15) is 0 Å². The molecule has 1 rings (SSSR count). The third-order valence-corrected chi connectivity index (χ3v) is 2.01. The summed E-state index contributed by atoms with van der Waals surface area (Å²) in [4.78, 5) is 0. The van der Waals surface area contributed by atoms with Gasteiger partial charge < -0.3 is 5.32 Å². The Morgan fingerprint density at radius 2 is 1.80 bits per heavy atom. The van der Waals surface area contributed by atoms with Crippen molar-refractivity contribution in [3.8, 4) is 0 Å². The van der Waals surface area contributed by atoms with E-state index in [-0.39, 0.29) is 1.43 Å². The average molecular weight is 145 g/mol. The predicted octanol–water partition coefficient (Wildman–Crippen LogP) is 2.81. The number of nitrogens with one attached hydrogen (secondary N) is 1. The lowest BCUT2D eigenvalue weighted by Gasteiger charge is -2.23. The largest absolute Gasteiger partial charge is 0.317 e. The fourth-order valence-corrected chi connectivity index (χ4v) is 0.697. The Hall–Kier alpha value is -0.0400. The molecule has 1 nitrogen and oxygen atoms in total. The topological polar surface area (TPSA) is 12.0 Å². The molecule has 0 saturated heterocycles. The van der Waals surface area contributed by atoms with Gasteiger partial charge in [0, 0.05) is 7.47 Å². The molecule has 1 heteroatoms. The van der Waals surface area contributed by atoms with Crippen LogP contribution in [-0.2, 0) is 0 Å². The summed E-state index contributed by atoms with van der Waals surface area (Å²) < 4.78 is 0. The van der Waals surface area contributed by atoms with E-state index in [0.29, 0.717) is 0 Å². The lowest BCUT2D eigenvalue weighted by atomic mass is 9.94. The van der Waals surface area contributed by atoms with Gasteiger partial charge in [-0.3, -0.25) is 0 Å². The van der Waals surface area contributed by atoms with Gasteiger partial charge in [0.05, 0.1) is 0 Å². The van der Waals surface area contributed by atoms with Crippen molar-refractivity contribution in [2.45, 2.75) is 52.0 Å². The van der Waals surface area contributed by atoms with Crippen molar-refractivity contribution in [1.82, 2.24) is 5.32 Å². The molecule has 1 aliphatic rings. The standard InChI is InChI=1S/C5H11N.C4H10.H2/c1-6-5-3-2-4-5;1-3-4-2;/h5-6H,2-4H2,1H3;3-4H2,1-2H3;1H. The van der Waals surface area contributed by atoms with Gasteiger partial charge in [-0.05, 0) is 19.9 Å². The molecule has 1 aliphatic carbocycles. The van der Waals surface area contributed by atoms with E-state index in [2.05, 4.69) is 19.2 Å². The molecule has 0 radical (unpaired) electrons. The normalized spacial score (nSPS) is 17.1. The van der Waals surface area contributed by atoms with Crippen LogP contribution in [0.5, 0.6) is 0 Å². The van der Waals surface area contributed by atoms with E-state index in [9.17, 15) is 0 Å². The predicted molar refractivity (Wildman–Crippen MR) is 49.4 cm³/mol. The summed E-state index contributed by atoms with van der Waals surface area (Å²) in [6.07, 6.45) is 6.87. The van der Waals surface area contributed by atoms with Crippen molar-refractivity contribution in [3.63, 3.8) is 0 Å². The molecular formula is C9H23N. The van der Waals surface area contributed by atoms with E-state index >= 15 is 0 Å². The maximum absolute atomic E-state index is 3.20. The van der Waals surface area contributed by atoms with Crippen molar-refractivity contribution in [2.24, 2.45) is 0 Å². The minimum atomic E-state index is 0. The Morgan fingerprint density at radius 1 is 1.30 bits per heavy atom. The van der Waals surface area contributed by atoms with Gasteiger partial charge in [0.15, 0.2) is 0 Å².